The molecule has 2 aromatic carbocycles. The molecule has 0 bridgehead atoms. The van der Waals surface area contributed by atoms with Crippen molar-refractivity contribution in [3.05, 3.63) is 60.2 Å². The number of carbonyl (C=O) groups is 3. The fraction of sp³-hybridized carbons (Fsp3) is 0.286. The number of rotatable bonds is 8. The lowest BCUT2D eigenvalue weighted by Crippen LogP contribution is -2.48. The molecule has 0 fully saturated rings. The van der Waals surface area contributed by atoms with Crippen molar-refractivity contribution in [2.24, 2.45) is 0 Å². The SMILES string of the molecule is CCC(=O)N[C@@H](Cc1ccc(-c2ccccc2)cc1)C(=O)NCC(C)=O. The minimum absolute atomic E-state index is 0.0374. The van der Waals surface area contributed by atoms with Gasteiger partial charge in [-0.2, -0.15) is 0 Å². The van der Waals surface area contributed by atoms with Gasteiger partial charge in [0.15, 0.2) is 0 Å². The second-order valence-corrected chi connectivity index (χ2v) is 6.16. The largest absolute Gasteiger partial charge is 0.347 e. The molecule has 0 aliphatic carbocycles. The van der Waals surface area contributed by atoms with Crippen LogP contribution in [0.3, 0.4) is 0 Å². The van der Waals surface area contributed by atoms with E-state index in [1.54, 1.807) is 6.92 Å². The van der Waals surface area contributed by atoms with Gasteiger partial charge in [0.1, 0.15) is 11.8 Å². The molecule has 2 rings (SSSR count). The molecule has 1 atom stereocenters. The summed E-state index contributed by atoms with van der Waals surface area (Å²) < 4.78 is 0. The predicted octanol–water partition coefficient (Wildman–Crippen LogP) is 2.50. The van der Waals surface area contributed by atoms with E-state index in [9.17, 15) is 14.4 Å². The Bertz CT molecular complexity index is 755. The van der Waals surface area contributed by atoms with Crippen LogP contribution in [0.25, 0.3) is 11.1 Å². The smallest absolute Gasteiger partial charge is 0.243 e. The Kier molecular flexibility index (Phi) is 7.09. The third kappa shape index (κ3) is 5.84. The molecule has 0 radical (unpaired) electrons. The number of nitrogens with one attached hydrogen (secondary N) is 2. The van der Waals surface area contributed by atoms with Crippen molar-refractivity contribution < 1.29 is 14.4 Å². The highest BCUT2D eigenvalue weighted by molar-refractivity contribution is 5.90. The summed E-state index contributed by atoms with van der Waals surface area (Å²) in [5.74, 6) is -0.686. The average molecular weight is 352 g/mol. The Balaban J connectivity index is 2.09. The quantitative estimate of drug-likeness (QED) is 0.766. The van der Waals surface area contributed by atoms with Crippen molar-refractivity contribution in [1.29, 1.82) is 0 Å². The number of hydrogen-bond donors (Lipinski definition) is 2. The van der Waals surface area contributed by atoms with E-state index in [0.29, 0.717) is 12.8 Å². The molecule has 2 N–H and O–H groups in total. The summed E-state index contributed by atoms with van der Waals surface area (Å²) >= 11 is 0. The molecule has 0 spiro atoms. The molecule has 0 heterocycles. The molecule has 0 saturated carbocycles. The fourth-order valence-electron chi connectivity index (χ4n) is 2.54. The van der Waals surface area contributed by atoms with Crippen LogP contribution in [0.15, 0.2) is 54.6 Å². The van der Waals surface area contributed by atoms with E-state index >= 15 is 0 Å². The van der Waals surface area contributed by atoms with E-state index in [-0.39, 0.29) is 24.1 Å². The van der Waals surface area contributed by atoms with Crippen LogP contribution in [0.5, 0.6) is 0 Å². The molecule has 0 unspecified atom stereocenters. The first-order valence-corrected chi connectivity index (χ1v) is 8.70. The lowest BCUT2D eigenvalue weighted by molar-refractivity contribution is -0.129. The highest BCUT2D eigenvalue weighted by Gasteiger charge is 2.20. The third-order valence-corrected chi connectivity index (χ3v) is 3.99. The summed E-state index contributed by atoms with van der Waals surface area (Å²) in [6.45, 7) is 3.10. The second-order valence-electron chi connectivity index (χ2n) is 6.16. The van der Waals surface area contributed by atoms with Crippen LogP contribution < -0.4 is 10.6 Å². The Morgan fingerprint density at radius 3 is 2.12 bits per heavy atom. The number of hydrogen-bond acceptors (Lipinski definition) is 3. The van der Waals surface area contributed by atoms with Gasteiger partial charge >= 0.3 is 0 Å². The second kappa shape index (κ2) is 9.51. The van der Waals surface area contributed by atoms with Gasteiger partial charge in [0, 0.05) is 12.8 Å². The van der Waals surface area contributed by atoms with Gasteiger partial charge in [0.2, 0.25) is 11.8 Å². The topological polar surface area (TPSA) is 75.3 Å². The molecular weight excluding hydrogens is 328 g/mol. The van der Waals surface area contributed by atoms with Crippen molar-refractivity contribution in [3.63, 3.8) is 0 Å². The number of Topliss-reactive ketones (excluding diaryl/α,β-unsaturated/α-hetero) is 1. The number of carbonyl (C=O) groups excluding carboxylic acids is 3. The molecule has 0 aliphatic rings. The molecule has 5 nitrogen and oxygen atoms in total. The van der Waals surface area contributed by atoms with Gasteiger partial charge in [-0.25, -0.2) is 0 Å². The standard InChI is InChI=1S/C21H24N2O3/c1-3-20(25)23-19(21(26)22-14-15(2)24)13-16-9-11-18(12-10-16)17-7-5-4-6-8-17/h4-12,19H,3,13-14H2,1-2H3,(H,22,26)(H,23,25)/t19-/m0/s1. The van der Waals surface area contributed by atoms with E-state index in [1.807, 2.05) is 54.6 Å². The van der Waals surface area contributed by atoms with E-state index in [0.717, 1.165) is 16.7 Å². The fourth-order valence-corrected chi connectivity index (χ4v) is 2.54. The summed E-state index contributed by atoms with van der Waals surface area (Å²) in [6.07, 6.45) is 0.661. The third-order valence-electron chi connectivity index (χ3n) is 3.99. The van der Waals surface area contributed by atoms with Crippen LogP contribution in [-0.2, 0) is 20.8 Å². The van der Waals surface area contributed by atoms with E-state index in [2.05, 4.69) is 10.6 Å². The summed E-state index contributed by atoms with van der Waals surface area (Å²) in [6, 6.07) is 17.2. The maximum Gasteiger partial charge on any atom is 0.243 e. The van der Waals surface area contributed by atoms with Crippen LogP contribution in [-0.4, -0.2) is 30.2 Å². The van der Waals surface area contributed by atoms with Crippen LogP contribution in [0.4, 0.5) is 0 Å². The summed E-state index contributed by atoms with van der Waals surface area (Å²) in [4.78, 5) is 35.1. The zero-order valence-electron chi connectivity index (χ0n) is 15.1. The van der Waals surface area contributed by atoms with Gasteiger partial charge in [0.25, 0.3) is 0 Å². The Labute approximate surface area is 153 Å². The normalized spacial score (nSPS) is 11.5. The molecule has 0 aliphatic heterocycles. The van der Waals surface area contributed by atoms with Gasteiger partial charge in [-0.1, -0.05) is 61.5 Å². The number of ketones is 1. The van der Waals surface area contributed by atoms with Gasteiger partial charge in [-0.3, -0.25) is 14.4 Å². The van der Waals surface area contributed by atoms with Crippen LogP contribution in [0.2, 0.25) is 0 Å². The minimum atomic E-state index is -0.704. The molecule has 2 amide bonds. The average Bonchev–Trinajstić information content (AvgIpc) is 2.66. The molecule has 5 heteroatoms. The lowest BCUT2D eigenvalue weighted by atomic mass is 10.00. The maximum absolute atomic E-state index is 12.3. The van der Waals surface area contributed by atoms with Crippen LogP contribution in [0.1, 0.15) is 25.8 Å². The molecule has 26 heavy (non-hydrogen) atoms. The maximum atomic E-state index is 12.3. The monoisotopic (exact) mass is 352 g/mol. The van der Waals surface area contributed by atoms with Crippen molar-refractivity contribution in [1.82, 2.24) is 10.6 Å². The molecule has 136 valence electrons. The van der Waals surface area contributed by atoms with Crippen molar-refractivity contribution in [2.45, 2.75) is 32.7 Å². The van der Waals surface area contributed by atoms with Crippen molar-refractivity contribution >= 4 is 17.6 Å². The highest BCUT2D eigenvalue weighted by Crippen LogP contribution is 2.19. The lowest BCUT2D eigenvalue weighted by Gasteiger charge is -2.18. The number of amides is 2. The van der Waals surface area contributed by atoms with Gasteiger partial charge in [-0.15, -0.1) is 0 Å². The van der Waals surface area contributed by atoms with Gasteiger partial charge in [0.05, 0.1) is 6.54 Å². The van der Waals surface area contributed by atoms with Gasteiger partial charge in [-0.05, 0) is 23.6 Å². The first kappa shape index (κ1) is 19.4. The van der Waals surface area contributed by atoms with Crippen LogP contribution in [0, 0.1) is 0 Å². The zero-order chi connectivity index (χ0) is 18.9. The molecule has 0 saturated heterocycles. The van der Waals surface area contributed by atoms with Crippen molar-refractivity contribution in [3.8, 4) is 11.1 Å². The highest BCUT2D eigenvalue weighted by atomic mass is 16.2. The molecule has 0 aromatic heterocycles. The molecule has 2 aromatic rings. The van der Waals surface area contributed by atoms with E-state index in [1.165, 1.54) is 6.92 Å². The Hall–Kier alpha value is -2.95. The van der Waals surface area contributed by atoms with Crippen molar-refractivity contribution in [2.75, 3.05) is 6.54 Å². The Morgan fingerprint density at radius 2 is 1.54 bits per heavy atom. The summed E-state index contributed by atoms with van der Waals surface area (Å²) in [5, 5.41) is 5.29. The predicted molar refractivity (Wildman–Crippen MR) is 101 cm³/mol. The zero-order valence-corrected chi connectivity index (χ0v) is 15.1. The first-order chi connectivity index (χ1) is 12.5. The van der Waals surface area contributed by atoms with E-state index < -0.39 is 6.04 Å². The summed E-state index contributed by atoms with van der Waals surface area (Å²) in [5.41, 5.74) is 3.14. The summed E-state index contributed by atoms with van der Waals surface area (Å²) in [7, 11) is 0. The van der Waals surface area contributed by atoms with Crippen LogP contribution >= 0.6 is 0 Å². The minimum Gasteiger partial charge on any atom is -0.347 e. The molecular formula is C21H24N2O3. The first-order valence-electron chi connectivity index (χ1n) is 8.70. The van der Waals surface area contributed by atoms with Gasteiger partial charge < -0.3 is 10.6 Å². The van der Waals surface area contributed by atoms with E-state index in [4.69, 9.17) is 0 Å². The number of benzene rings is 2. The Morgan fingerprint density at radius 1 is 0.923 bits per heavy atom.